The number of hydrogen-bond donors (Lipinski definition) is 3. The van der Waals surface area contributed by atoms with Gasteiger partial charge in [-0.15, -0.1) is 0 Å². The Kier molecular flexibility index (Phi) is 13.6. The van der Waals surface area contributed by atoms with E-state index in [1.54, 1.807) is 30.8 Å². The molecule has 0 fully saturated rings. The van der Waals surface area contributed by atoms with Crippen LogP contribution in [0.15, 0.2) is 79.9 Å². The third-order valence-electron chi connectivity index (χ3n) is 4.68. The maximum absolute atomic E-state index is 11.6. The number of anilines is 1. The standard InChI is InChI=1S/C17H24N4O2.C10H14/c1-4-5-6-14-11-16(19-17(23)18-3)21(20-14)15-9-7-13(8-10-15)12(2)22;1-3-5-7-9-10-8-6-4-2/h7-12,22H,4-6H2,1-3H3,(H2,18,19,23);3-8H,1-2,9-10H2/b;7-5+,8-6+. The van der Waals surface area contributed by atoms with E-state index in [1.807, 2.05) is 42.5 Å². The van der Waals surface area contributed by atoms with Gasteiger partial charge < -0.3 is 10.4 Å². The van der Waals surface area contributed by atoms with Crippen LogP contribution < -0.4 is 10.6 Å². The summed E-state index contributed by atoms with van der Waals surface area (Å²) in [6.07, 6.45) is 16.4. The van der Waals surface area contributed by atoms with E-state index in [9.17, 15) is 9.90 Å². The summed E-state index contributed by atoms with van der Waals surface area (Å²) in [5.74, 6) is 0.625. The Morgan fingerprint density at radius 3 is 2.24 bits per heavy atom. The number of unbranched alkanes of at least 4 members (excludes halogenated alkanes) is 2. The summed E-state index contributed by atoms with van der Waals surface area (Å²) in [6.45, 7) is 11.0. The zero-order valence-electron chi connectivity index (χ0n) is 20.1. The molecule has 1 aromatic heterocycles. The molecule has 0 aliphatic rings. The second-order valence-corrected chi connectivity index (χ2v) is 7.41. The number of urea groups is 1. The van der Waals surface area contributed by atoms with Crippen LogP contribution in [0.1, 0.15) is 56.9 Å². The summed E-state index contributed by atoms with van der Waals surface area (Å²) < 4.78 is 1.71. The fourth-order valence-corrected chi connectivity index (χ4v) is 2.85. The predicted octanol–water partition coefficient (Wildman–Crippen LogP) is 6.27. The summed E-state index contributed by atoms with van der Waals surface area (Å²) in [6, 6.07) is 9.09. The van der Waals surface area contributed by atoms with Gasteiger partial charge in [0.25, 0.3) is 0 Å². The molecule has 1 atom stereocenters. The first-order valence-electron chi connectivity index (χ1n) is 11.4. The highest BCUT2D eigenvalue weighted by Gasteiger charge is 2.12. The lowest BCUT2D eigenvalue weighted by atomic mass is 10.1. The molecule has 0 saturated carbocycles. The fraction of sp³-hybridized carbons (Fsp3) is 0.333. The van der Waals surface area contributed by atoms with Crippen molar-refractivity contribution < 1.29 is 9.90 Å². The minimum atomic E-state index is -0.509. The Morgan fingerprint density at radius 1 is 1.15 bits per heavy atom. The lowest BCUT2D eigenvalue weighted by molar-refractivity contribution is 0.199. The SMILES string of the molecule is C=C/C=C/CC/C=C/C=C.CCCCc1cc(NC(=O)NC)n(-c2ccc(C(C)O)cc2)n1. The lowest BCUT2D eigenvalue weighted by Crippen LogP contribution is -2.25. The number of carbonyl (C=O) groups excluding carboxylic acids is 1. The summed E-state index contributed by atoms with van der Waals surface area (Å²) in [5, 5.41) is 19.5. The van der Waals surface area contributed by atoms with Gasteiger partial charge in [0.2, 0.25) is 0 Å². The van der Waals surface area contributed by atoms with Crippen molar-refractivity contribution in [1.82, 2.24) is 15.1 Å². The van der Waals surface area contributed by atoms with Crippen molar-refractivity contribution in [2.45, 2.75) is 52.1 Å². The van der Waals surface area contributed by atoms with Crippen molar-refractivity contribution in [3.63, 3.8) is 0 Å². The first kappa shape index (κ1) is 27.7. The number of nitrogens with one attached hydrogen (secondary N) is 2. The van der Waals surface area contributed by atoms with Gasteiger partial charge in [0, 0.05) is 13.1 Å². The van der Waals surface area contributed by atoms with Crippen LogP contribution in [-0.2, 0) is 6.42 Å². The summed E-state index contributed by atoms with van der Waals surface area (Å²) in [7, 11) is 1.57. The van der Waals surface area contributed by atoms with E-state index in [1.165, 1.54) is 0 Å². The monoisotopic (exact) mass is 450 g/mol. The van der Waals surface area contributed by atoms with E-state index in [4.69, 9.17) is 0 Å². The third kappa shape index (κ3) is 10.7. The number of benzene rings is 1. The highest BCUT2D eigenvalue weighted by Crippen LogP contribution is 2.21. The molecule has 6 heteroatoms. The molecular formula is C27H38N4O2. The smallest absolute Gasteiger partial charge is 0.320 e. The van der Waals surface area contributed by atoms with Crippen LogP contribution in [-0.4, -0.2) is 28.0 Å². The summed E-state index contributed by atoms with van der Waals surface area (Å²) in [5.41, 5.74) is 2.62. The average Bonchev–Trinajstić information content (AvgIpc) is 3.22. The molecule has 0 spiro atoms. The molecule has 3 N–H and O–H groups in total. The van der Waals surface area contributed by atoms with Crippen LogP contribution in [0.5, 0.6) is 0 Å². The lowest BCUT2D eigenvalue weighted by Gasteiger charge is -2.10. The molecule has 2 amide bonds. The second kappa shape index (κ2) is 16.3. The van der Waals surface area contributed by atoms with E-state index >= 15 is 0 Å². The van der Waals surface area contributed by atoms with Gasteiger partial charge in [0.15, 0.2) is 0 Å². The summed E-state index contributed by atoms with van der Waals surface area (Å²) in [4.78, 5) is 11.6. The Labute approximate surface area is 198 Å². The van der Waals surface area contributed by atoms with E-state index in [0.29, 0.717) is 5.82 Å². The van der Waals surface area contributed by atoms with Gasteiger partial charge in [-0.1, -0.05) is 75.1 Å². The number of allylic oxidation sites excluding steroid dienone is 6. The highest BCUT2D eigenvalue weighted by atomic mass is 16.3. The van der Waals surface area contributed by atoms with Crippen molar-refractivity contribution >= 4 is 11.8 Å². The molecule has 2 rings (SSSR count). The maximum Gasteiger partial charge on any atom is 0.320 e. The molecule has 1 heterocycles. The van der Waals surface area contributed by atoms with Gasteiger partial charge in [-0.05, 0) is 50.3 Å². The van der Waals surface area contributed by atoms with Gasteiger partial charge in [0.1, 0.15) is 5.82 Å². The zero-order chi connectivity index (χ0) is 24.5. The van der Waals surface area contributed by atoms with Gasteiger partial charge in [-0.25, -0.2) is 9.48 Å². The molecule has 0 bridgehead atoms. The molecule has 0 radical (unpaired) electrons. The Balaban J connectivity index is 0.000000461. The topological polar surface area (TPSA) is 79.2 Å². The first-order valence-corrected chi connectivity index (χ1v) is 11.4. The average molecular weight is 451 g/mol. The maximum atomic E-state index is 11.6. The van der Waals surface area contributed by atoms with Crippen molar-refractivity contribution in [3.8, 4) is 5.69 Å². The van der Waals surface area contributed by atoms with Crippen molar-refractivity contribution in [3.05, 3.63) is 91.2 Å². The van der Waals surface area contributed by atoms with Crippen LogP contribution in [0.2, 0.25) is 0 Å². The first-order chi connectivity index (χ1) is 16.0. The molecule has 1 aromatic carbocycles. The van der Waals surface area contributed by atoms with Gasteiger partial charge in [-0.2, -0.15) is 5.10 Å². The molecule has 0 aliphatic carbocycles. The largest absolute Gasteiger partial charge is 0.389 e. The van der Waals surface area contributed by atoms with Crippen LogP contribution >= 0.6 is 0 Å². The molecular weight excluding hydrogens is 412 g/mol. The number of aliphatic hydroxyl groups excluding tert-OH is 1. The number of amides is 2. The third-order valence-corrected chi connectivity index (χ3v) is 4.68. The second-order valence-electron chi connectivity index (χ2n) is 7.41. The minimum absolute atomic E-state index is 0.284. The number of aryl methyl sites for hydroxylation is 1. The molecule has 0 saturated heterocycles. The van der Waals surface area contributed by atoms with Crippen molar-refractivity contribution in [2.24, 2.45) is 0 Å². The molecule has 6 nitrogen and oxygen atoms in total. The quantitative estimate of drug-likeness (QED) is 0.279. The van der Waals surface area contributed by atoms with Crippen LogP contribution in [0.3, 0.4) is 0 Å². The number of hydrogen-bond acceptors (Lipinski definition) is 3. The molecule has 2 aromatic rings. The van der Waals surface area contributed by atoms with Crippen LogP contribution in [0, 0.1) is 0 Å². The molecule has 33 heavy (non-hydrogen) atoms. The molecule has 178 valence electrons. The fourth-order valence-electron chi connectivity index (χ4n) is 2.85. The number of nitrogens with zero attached hydrogens (tertiary/aromatic N) is 2. The number of aliphatic hydroxyl groups is 1. The normalized spacial score (nSPS) is 11.6. The van der Waals surface area contributed by atoms with E-state index < -0.39 is 6.10 Å². The van der Waals surface area contributed by atoms with E-state index in [2.05, 4.69) is 48.0 Å². The Bertz CT molecular complexity index is 891. The Hall–Kier alpha value is -3.38. The van der Waals surface area contributed by atoms with Gasteiger partial charge in [0.05, 0.1) is 17.5 Å². The zero-order valence-corrected chi connectivity index (χ0v) is 20.1. The van der Waals surface area contributed by atoms with Gasteiger partial charge in [-0.3, -0.25) is 5.32 Å². The van der Waals surface area contributed by atoms with Gasteiger partial charge >= 0.3 is 6.03 Å². The number of aromatic nitrogens is 2. The molecule has 1 unspecified atom stereocenters. The minimum Gasteiger partial charge on any atom is -0.389 e. The van der Waals surface area contributed by atoms with Crippen LogP contribution in [0.4, 0.5) is 10.6 Å². The molecule has 0 aliphatic heterocycles. The van der Waals surface area contributed by atoms with Crippen molar-refractivity contribution in [2.75, 3.05) is 12.4 Å². The number of rotatable bonds is 11. The Morgan fingerprint density at radius 2 is 1.76 bits per heavy atom. The highest BCUT2D eigenvalue weighted by molar-refractivity contribution is 5.88. The predicted molar refractivity (Wildman–Crippen MR) is 139 cm³/mol. The van der Waals surface area contributed by atoms with E-state index in [-0.39, 0.29) is 6.03 Å². The van der Waals surface area contributed by atoms with Crippen LogP contribution in [0.25, 0.3) is 5.69 Å². The number of carbonyl (C=O) groups is 1. The van der Waals surface area contributed by atoms with Crippen molar-refractivity contribution in [1.29, 1.82) is 0 Å². The summed E-state index contributed by atoms with van der Waals surface area (Å²) >= 11 is 0. The van der Waals surface area contributed by atoms with E-state index in [0.717, 1.165) is 49.0 Å².